The zero-order chi connectivity index (χ0) is 17.3. The average molecular weight is 344 g/mol. The minimum atomic E-state index is -3.52. The normalized spacial score (nSPS) is 11.3. The number of rotatable bonds is 10. The first kappa shape index (κ1) is 19.4. The Balaban J connectivity index is 2.64. The van der Waals surface area contributed by atoms with Gasteiger partial charge in [0.05, 0.1) is 4.90 Å². The van der Waals surface area contributed by atoms with E-state index in [9.17, 15) is 13.2 Å². The molecule has 0 saturated heterocycles. The van der Waals surface area contributed by atoms with Crippen LogP contribution in [0.25, 0.3) is 0 Å². The van der Waals surface area contributed by atoms with E-state index in [1.54, 1.807) is 6.92 Å². The lowest BCUT2D eigenvalue weighted by molar-refractivity contribution is -0.123. The standard InChI is InChI=1S/C15H24N2O5S/c1-3-7-17-23(20,21)13-5-6-14(12(2)10-13)22-11-15(19)16-8-4-9-18/h5-6,10,17-18H,3-4,7-9,11H2,1-2H3,(H,16,19). The molecule has 0 atom stereocenters. The molecule has 0 aliphatic heterocycles. The van der Waals surface area contributed by atoms with Gasteiger partial charge >= 0.3 is 0 Å². The second kappa shape index (κ2) is 9.49. The monoisotopic (exact) mass is 344 g/mol. The van der Waals surface area contributed by atoms with Gasteiger partial charge < -0.3 is 15.2 Å². The van der Waals surface area contributed by atoms with Gasteiger partial charge in [0, 0.05) is 19.7 Å². The molecule has 0 bridgehead atoms. The Hall–Kier alpha value is -1.64. The molecule has 1 aromatic rings. The van der Waals surface area contributed by atoms with E-state index in [2.05, 4.69) is 10.0 Å². The fraction of sp³-hybridized carbons (Fsp3) is 0.533. The third-order valence-electron chi connectivity index (χ3n) is 3.01. The fourth-order valence-electron chi connectivity index (χ4n) is 1.77. The van der Waals surface area contributed by atoms with Gasteiger partial charge in [-0.15, -0.1) is 0 Å². The molecule has 7 nitrogen and oxygen atoms in total. The Morgan fingerprint density at radius 3 is 2.65 bits per heavy atom. The summed E-state index contributed by atoms with van der Waals surface area (Å²) in [4.78, 5) is 11.7. The highest BCUT2D eigenvalue weighted by Crippen LogP contribution is 2.21. The molecule has 130 valence electrons. The quantitative estimate of drug-likeness (QED) is 0.538. The van der Waals surface area contributed by atoms with Gasteiger partial charge in [-0.25, -0.2) is 13.1 Å². The maximum atomic E-state index is 12.0. The molecule has 0 aliphatic carbocycles. The van der Waals surface area contributed by atoms with Crippen LogP contribution in [0.5, 0.6) is 5.75 Å². The smallest absolute Gasteiger partial charge is 0.257 e. The van der Waals surface area contributed by atoms with Crippen molar-refractivity contribution in [2.75, 3.05) is 26.3 Å². The number of carbonyl (C=O) groups is 1. The highest BCUT2D eigenvalue weighted by Gasteiger charge is 2.15. The van der Waals surface area contributed by atoms with Crippen molar-refractivity contribution >= 4 is 15.9 Å². The molecule has 0 radical (unpaired) electrons. The van der Waals surface area contributed by atoms with Gasteiger partial charge in [0.2, 0.25) is 10.0 Å². The van der Waals surface area contributed by atoms with Crippen molar-refractivity contribution in [2.45, 2.75) is 31.6 Å². The Bertz CT molecular complexity index is 616. The largest absolute Gasteiger partial charge is 0.484 e. The average Bonchev–Trinajstić information content (AvgIpc) is 2.52. The number of hydrogen-bond donors (Lipinski definition) is 3. The molecule has 3 N–H and O–H groups in total. The van der Waals surface area contributed by atoms with Crippen molar-refractivity contribution in [1.29, 1.82) is 0 Å². The lowest BCUT2D eigenvalue weighted by atomic mass is 10.2. The number of benzene rings is 1. The predicted molar refractivity (Wildman–Crippen MR) is 86.9 cm³/mol. The Labute approximate surface area is 137 Å². The predicted octanol–water partition coefficient (Wildman–Crippen LogP) is 0.561. The van der Waals surface area contributed by atoms with Gasteiger partial charge in [0.1, 0.15) is 5.75 Å². The minimum absolute atomic E-state index is 0.0161. The van der Waals surface area contributed by atoms with E-state index >= 15 is 0 Å². The molecule has 1 aromatic carbocycles. The Kier molecular flexibility index (Phi) is 8.01. The highest BCUT2D eigenvalue weighted by molar-refractivity contribution is 7.89. The molecule has 1 rings (SSSR count). The van der Waals surface area contributed by atoms with Gasteiger partial charge in [0.25, 0.3) is 5.91 Å². The Morgan fingerprint density at radius 1 is 1.30 bits per heavy atom. The summed E-state index contributed by atoms with van der Waals surface area (Å²) >= 11 is 0. The van der Waals surface area contributed by atoms with Crippen molar-refractivity contribution in [3.8, 4) is 5.75 Å². The molecule has 1 amide bonds. The van der Waals surface area contributed by atoms with Crippen molar-refractivity contribution in [1.82, 2.24) is 10.0 Å². The maximum absolute atomic E-state index is 12.0. The highest BCUT2D eigenvalue weighted by atomic mass is 32.2. The van der Waals surface area contributed by atoms with Crippen molar-refractivity contribution in [3.05, 3.63) is 23.8 Å². The van der Waals surface area contributed by atoms with Gasteiger partial charge in [-0.05, 0) is 43.5 Å². The summed E-state index contributed by atoms with van der Waals surface area (Å²) in [6, 6.07) is 4.50. The van der Waals surface area contributed by atoms with Crippen LogP contribution in [0.4, 0.5) is 0 Å². The summed E-state index contributed by atoms with van der Waals surface area (Å²) in [6.07, 6.45) is 1.20. The number of carbonyl (C=O) groups excluding carboxylic acids is 1. The molecule has 0 aliphatic rings. The van der Waals surface area contributed by atoms with E-state index in [1.807, 2.05) is 6.92 Å². The first-order valence-corrected chi connectivity index (χ1v) is 8.99. The minimum Gasteiger partial charge on any atom is -0.484 e. The van der Waals surface area contributed by atoms with Crippen LogP contribution in [0, 0.1) is 6.92 Å². The molecule has 0 unspecified atom stereocenters. The number of nitrogens with one attached hydrogen (secondary N) is 2. The number of amides is 1. The molecule has 0 fully saturated rings. The number of ether oxygens (including phenoxy) is 1. The topological polar surface area (TPSA) is 105 Å². The third-order valence-corrected chi connectivity index (χ3v) is 4.47. The van der Waals surface area contributed by atoms with Gasteiger partial charge in [0.15, 0.2) is 6.61 Å². The van der Waals surface area contributed by atoms with Crippen molar-refractivity contribution in [3.63, 3.8) is 0 Å². The molecule has 8 heteroatoms. The van der Waals surface area contributed by atoms with Crippen LogP contribution in [0.2, 0.25) is 0 Å². The van der Waals surface area contributed by atoms with E-state index in [1.165, 1.54) is 18.2 Å². The molecule has 0 saturated carbocycles. The molecule has 0 heterocycles. The third kappa shape index (κ3) is 6.55. The van der Waals surface area contributed by atoms with Crippen molar-refractivity contribution in [2.24, 2.45) is 0 Å². The molecule has 0 aromatic heterocycles. The molecular weight excluding hydrogens is 320 g/mol. The van der Waals surface area contributed by atoms with Gasteiger partial charge in [-0.3, -0.25) is 4.79 Å². The number of aryl methyl sites for hydroxylation is 1. The summed E-state index contributed by atoms with van der Waals surface area (Å²) in [6.45, 7) is 4.23. The van der Waals surface area contributed by atoms with Crippen LogP contribution < -0.4 is 14.8 Å². The SMILES string of the molecule is CCCNS(=O)(=O)c1ccc(OCC(=O)NCCCO)c(C)c1. The van der Waals surface area contributed by atoms with Crippen LogP contribution in [0.1, 0.15) is 25.3 Å². The fourth-order valence-corrected chi connectivity index (χ4v) is 2.99. The van der Waals surface area contributed by atoms with E-state index in [-0.39, 0.29) is 24.0 Å². The summed E-state index contributed by atoms with van der Waals surface area (Å²) in [7, 11) is -3.52. The first-order valence-electron chi connectivity index (χ1n) is 7.51. The van der Waals surface area contributed by atoms with Gasteiger partial charge in [-0.2, -0.15) is 0 Å². The lowest BCUT2D eigenvalue weighted by Gasteiger charge is -2.11. The number of hydrogen-bond acceptors (Lipinski definition) is 5. The van der Waals surface area contributed by atoms with Crippen LogP contribution in [-0.4, -0.2) is 45.7 Å². The summed E-state index contributed by atoms with van der Waals surface area (Å²) in [5, 5.41) is 11.2. The number of aliphatic hydroxyl groups excluding tert-OH is 1. The van der Waals surface area contributed by atoms with Crippen LogP contribution in [0.15, 0.2) is 23.1 Å². The first-order chi connectivity index (χ1) is 10.9. The summed E-state index contributed by atoms with van der Waals surface area (Å²) < 4.78 is 31.9. The van der Waals surface area contributed by atoms with E-state index in [0.717, 1.165) is 0 Å². The van der Waals surface area contributed by atoms with Crippen LogP contribution in [0.3, 0.4) is 0 Å². The molecular formula is C15H24N2O5S. The zero-order valence-corrected chi connectivity index (χ0v) is 14.3. The number of sulfonamides is 1. The van der Waals surface area contributed by atoms with E-state index in [4.69, 9.17) is 9.84 Å². The van der Waals surface area contributed by atoms with Crippen molar-refractivity contribution < 1.29 is 23.1 Å². The molecule has 0 spiro atoms. The summed E-state index contributed by atoms with van der Waals surface area (Å²) in [5.74, 6) is 0.163. The maximum Gasteiger partial charge on any atom is 0.257 e. The summed E-state index contributed by atoms with van der Waals surface area (Å²) in [5.41, 5.74) is 0.632. The lowest BCUT2D eigenvalue weighted by Crippen LogP contribution is -2.30. The van der Waals surface area contributed by atoms with Crippen LogP contribution >= 0.6 is 0 Å². The Morgan fingerprint density at radius 2 is 2.04 bits per heavy atom. The second-order valence-electron chi connectivity index (χ2n) is 5.04. The van der Waals surface area contributed by atoms with Gasteiger partial charge in [-0.1, -0.05) is 6.92 Å². The van der Waals surface area contributed by atoms with Crippen LogP contribution in [-0.2, 0) is 14.8 Å². The second-order valence-corrected chi connectivity index (χ2v) is 6.81. The number of aliphatic hydroxyl groups is 1. The molecule has 23 heavy (non-hydrogen) atoms. The van der Waals surface area contributed by atoms with E-state index < -0.39 is 10.0 Å². The zero-order valence-electron chi connectivity index (χ0n) is 13.5. The van der Waals surface area contributed by atoms with E-state index in [0.29, 0.717) is 37.2 Å².